The third-order valence-electron chi connectivity index (χ3n) is 8.37. The van der Waals surface area contributed by atoms with Crippen molar-refractivity contribution in [2.45, 2.75) is 18.8 Å². The van der Waals surface area contributed by atoms with Crippen molar-refractivity contribution in [2.24, 2.45) is 23.7 Å². The molecule has 5 atom stereocenters. The van der Waals surface area contributed by atoms with Crippen LogP contribution in [0.15, 0.2) is 78.9 Å². The number of carbonyl (C=O) groups is 5. The van der Waals surface area contributed by atoms with Gasteiger partial charge in [-0.3, -0.25) is 34.9 Å². The highest BCUT2D eigenvalue weighted by Gasteiger charge is 2.64. The smallest absolute Gasteiger partial charge is 0.338 e. The lowest BCUT2D eigenvalue weighted by molar-refractivity contribution is -0.125. The van der Waals surface area contributed by atoms with E-state index in [2.05, 4.69) is 23.0 Å². The Balaban J connectivity index is 1.05. The topological polar surface area (TPSA) is 122 Å². The number of amides is 4. The van der Waals surface area contributed by atoms with Crippen LogP contribution in [0.3, 0.4) is 0 Å². The average molecular weight is 572 g/mol. The van der Waals surface area contributed by atoms with Crippen LogP contribution in [0.5, 0.6) is 0 Å². The second-order valence-electron chi connectivity index (χ2n) is 10.6. The molecule has 2 N–H and O–H groups in total. The Labute approximate surface area is 240 Å². The van der Waals surface area contributed by atoms with Gasteiger partial charge in [0.1, 0.15) is 0 Å². The molecule has 9 nitrogen and oxygen atoms in total. The average Bonchev–Trinajstić information content (AvgIpc) is 3.66. The molecule has 2 bridgehead atoms. The second kappa shape index (κ2) is 10.8. The number of nitrogens with zero attached hydrogens (tertiary/aromatic N) is 1. The minimum Gasteiger partial charge on any atom is -0.452 e. The Bertz CT molecular complexity index is 1540. The fourth-order valence-corrected chi connectivity index (χ4v) is 6.86. The highest BCUT2D eigenvalue weighted by atomic mass is 35.5. The summed E-state index contributed by atoms with van der Waals surface area (Å²) in [5.74, 6) is -2.52. The summed E-state index contributed by atoms with van der Waals surface area (Å²) in [6, 6.07) is 22.5. The van der Waals surface area contributed by atoms with Crippen LogP contribution in [0, 0.1) is 23.7 Å². The number of hydrogen-bond donors (Lipinski definition) is 2. The third-order valence-corrected chi connectivity index (χ3v) is 8.70. The van der Waals surface area contributed by atoms with E-state index >= 15 is 0 Å². The van der Waals surface area contributed by atoms with Crippen LogP contribution in [0.2, 0.25) is 5.02 Å². The van der Waals surface area contributed by atoms with E-state index in [4.69, 9.17) is 16.3 Å². The molecule has 3 fully saturated rings. The van der Waals surface area contributed by atoms with Crippen molar-refractivity contribution in [3.8, 4) is 0 Å². The minimum absolute atomic E-state index is 0.142. The van der Waals surface area contributed by atoms with Gasteiger partial charge in [0.15, 0.2) is 6.61 Å². The summed E-state index contributed by atoms with van der Waals surface area (Å²) in [7, 11) is 0. The lowest BCUT2D eigenvalue weighted by atomic mass is 9.73. The highest BCUT2D eigenvalue weighted by molar-refractivity contribution is 6.33. The molecule has 1 saturated heterocycles. The van der Waals surface area contributed by atoms with Gasteiger partial charge in [0.05, 0.1) is 33.7 Å². The van der Waals surface area contributed by atoms with Gasteiger partial charge in [0, 0.05) is 0 Å². The summed E-state index contributed by atoms with van der Waals surface area (Å²) in [5.41, 5.74) is 6.31. The fraction of sp³-hybridized carbons (Fsp3) is 0.258. The van der Waals surface area contributed by atoms with Crippen molar-refractivity contribution in [3.63, 3.8) is 0 Å². The summed E-state index contributed by atoms with van der Waals surface area (Å²) in [5, 5.41) is 0.221. The number of halogens is 1. The Morgan fingerprint density at radius 2 is 1.51 bits per heavy atom. The van der Waals surface area contributed by atoms with Crippen molar-refractivity contribution < 1.29 is 28.7 Å². The van der Waals surface area contributed by atoms with Crippen molar-refractivity contribution in [1.29, 1.82) is 0 Å². The molecule has 2 saturated carbocycles. The first kappa shape index (κ1) is 26.7. The minimum atomic E-state index is -0.774. The molecule has 3 aromatic carbocycles. The van der Waals surface area contributed by atoms with E-state index in [0.29, 0.717) is 5.69 Å². The van der Waals surface area contributed by atoms with E-state index in [0.717, 1.165) is 12.8 Å². The molecule has 208 valence electrons. The zero-order valence-corrected chi connectivity index (χ0v) is 22.5. The maximum absolute atomic E-state index is 13.5. The number of carbonyl (C=O) groups excluding carboxylic acids is 5. The maximum atomic E-state index is 13.5. The molecular formula is C31H26ClN3O6. The van der Waals surface area contributed by atoms with Gasteiger partial charge in [0.2, 0.25) is 11.8 Å². The summed E-state index contributed by atoms with van der Waals surface area (Å²) in [6.45, 7) is -0.638. The molecule has 5 unspecified atom stereocenters. The quantitative estimate of drug-likeness (QED) is 0.263. The van der Waals surface area contributed by atoms with E-state index in [-0.39, 0.29) is 57.6 Å². The summed E-state index contributed by atoms with van der Waals surface area (Å²) in [4.78, 5) is 64.8. The summed E-state index contributed by atoms with van der Waals surface area (Å²) >= 11 is 5.96. The number of esters is 1. The molecular weight excluding hydrogens is 546 g/mol. The highest BCUT2D eigenvalue weighted by Crippen LogP contribution is 2.61. The van der Waals surface area contributed by atoms with Gasteiger partial charge < -0.3 is 4.74 Å². The van der Waals surface area contributed by atoms with Crippen molar-refractivity contribution in [3.05, 3.63) is 101 Å². The number of nitrogens with one attached hydrogen (secondary N) is 2. The molecule has 3 aromatic rings. The van der Waals surface area contributed by atoms with Gasteiger partial charge >= 0.3 is 5.97 Å². The van der Waals surface area contributed by atoms with Gasteiger partial charge in [-0.1, -0.05) is 54.1 Å². The number of anilines is 1. The predicted molar refractivity (Wildman–Crippen MR) is 149 cm³/mol. The molecule has 2 aliphatic carbocycles. The van der Waals surface area contributed by atoms with Gasteiger partial charge in [0.25, 0.3) is 11.8 Å². The van der Waals surface area contributed by atoms with Crippen LogP contribution in [-0.2, 0) is 19.1 Å². The maximum Gasteiger partial charge on any atom is 0.338 e. The first-order chi connectivity index (χ1) is 19.8. The molecule has 41 heavy (non-hydrogen) atoms. The van der Waals surface area contributed by atoms with Gasteiger partial charge in [-0.05, 0) is 72.6 Å². The van der Waals surface area contributed by atoms with Gasteiger partial charge in [-0.15, -0.1) is 0 Å². The van der Waals surface area contributed by atoms with Crippen LogP contribution in [0.1, 0.15) is 45.0 Å². The monoisotopic (exact) mass is 571 g/mol. The first-order valence-electron chi connectivity index (χ1n) is 13.4. The first-order valence-corrected chi connectivity index (χ1v) is 13.7. The van der Waals surface area contributed by atoms with Crippen LogP contribution in [0.4, 0.5) is 5.69 Å². The normalized spacial score (nSPS) is 24.2. The van der Waals surface area contributed by atoms with Crippen LogP contribution < -0.4 is 15.8 Å². The lowest BCUT2D eigenvalue weighted by Gasteiger charge is -2.28. The molecule has 1 heterocycles. The Morgan fingerprint density at radius 1 is 0.829 bits per heavy atom. The Hall–Kier alpha value is -4.50. The van der Waals surface area contributed by atoms with E-state index in [1.165, 1.54) is 46.9 Å². The van der Waals surface area contributed by atoms with Crippen molar-refractivity contribution >= 4 is 46.9 Å². The molecule has 0 radical (unpaired) electrons. The standard InChI is InChI=1S/C31H26ClN3O6/c32-24-9-5-4-8-21(24)28(37)34-33-25(36)16-41-31(40)18-10-12-20(13-11-18)35-29(38)26-19-14-22(17-6-2-1-3-7-17)23(15-19)27(26)30(35)39/h1-13,19,22-23,26-27H,14-16H2,(H,33,36)(H,34,37). The van der Waals surface area contributed by atoms with E-state index in [9.17, 15) is 24.0 Å². The molecule has 6 rings (SSSR count). The number of rotatable bonds is 6. The zero-order chi connectivity index (χ0) is 28.7. The molecule has 0 aromatic heterocycles. The van der Waals surface area contributed by atoms with E-state index in [1.54, 1.807) is 12.1 Å². The second-order valence-corrected chi connectivity index (χ2v) is 11.0. The number of ether oxygens (including phenoxy) is 1. The largest absolute Gasteiger partial charge is 0.452 e. The molecule has 3 aliphatic rings. The number of fused-ring (bicyclic) bond motifs is 5. The Morgan fingerprint density at radius 3 is 2.24 bits per heavy atom. The summed E-state index contributed by atoms with van der Waals surface area (Å²) < 4.78 is 5.03. The lowest BCUT2D eigenvalue weighted by Crippen LogP contribution is -2.43. The van der Waals surface area contributed by atoms with Crippen LogP contribution >= 0.6 is 11.6 Å². The number of hydrazine groups is 1. The Kier molecular flexibility index (Phi) is 7.05. The van der Waals surface area contributed by atoms with Crippen molar-refractivity contribution in [1.82, 2.24) is 10.9 Å². The molecule has 10 heteroatoms. The van der Waals surface area contributed by atoms with E-state index in [1.807, 2.05) is 18.2 Å². The molecule has 0 spiro atoms. The number of benzene rings is 3. The fourth-order valence-electron chi connectivity index (χ4n) is 6.63. The predicted octanol–water partition coefficient (Wildman–Crippen LogP) is 3.89. The zero-order valence-electron chi connectivity index (χ0n) is 21.8. The SMILES string of the molecule is O=C(COC(=O)c1ccc(N2C(=O)C3C4CC(c5ccccc5)C(C4)C3C2=O)cc1)NNC(=O)c1ccccc1Cl. The van der Waals surface area contributed by atoms with Crippen molar-refractivity contribution in [2.75, 3.05) is 11.5 Å². The van der Waals surface area contributed by atoms with Gasteiger partial charge in [-0.25, -0.2) is 4.79 Å². The van der Waals surface area contributed by atoms with Crippen LogP contribution in [-0.4, -0.2) is 36.2 Å². The van der Waals surface area contributed by atoms with Gasteiger partial charge in [-0.2, -0.15) is 0 Å². The number of hydrogen-bond acceptors (Lipinski definition) is 6. The van der Waals surface area contributed by atoms with E-state index < -0.39 is 24.4 Å². The number of imide groups is 1. The molecule has 4 amide bonds. The van der Waals surface area contributed by atoms with Crippen LogP contribution in [0.25, 0.3) is 0 Å². The molecule has 1 aliphatic heterocycles. The summed E-state index contributed by atoms with van der Waals surface area (Å²) in [6.07, 6.45) is 1.80. The third kappa shape index (κ3) is 4.86.